The van der Waals surface area contributed by atoms with Crippen molar-refractivity contribution in [2.24, 2.45) is 0 Å². The van der Waals surface area contributed by atoms with Crippen LogP contribution >= 0.6 is 15.9 Å². The second-order valence-electron chi connectivity index (χ2n) is 3.70. The lowest BCUT2D eigenvalue weighted by molar-refractivity contribution is -0.119. The van der Waals surface area contributed by atoms with E-state index in [1.54, 1.807) is 0 Å². The molecule has 1 N–H and O–H groups in total. The number of aromatic nitrogens is 1. The third kappa shape index (κ3) is 4.00. The van der Waals surface area contributed by atoms with E-state index >= 15 is 0 Å². The van der Waals surface area contributed by atoms with Gasteiger partial charge in [0.05, 0.1) is 12.2 Å². The van der Waals surface area contributed by atoms with E-state index in [0.29, 0.717) is 13.1 Å². The number of aryl methyl sites for hydroxylation is 1. The molecule has 0 bridgehead atoms. The number of amides is 1. The number of carbonyl (C=O) groups excluding carboxylic acids is 1. The zero-order valence-corrected chi connectivity index (χ0v) is 12.0. The molecule has 94 valence electrons. The molecule has 1 heterocycles. The van der Waals surface area contributed by atoms with Crippen LogP contribution in [0.2, 0.25) is 0 Å². The molecule has 0 fully saturated rings. The van der Waals surface area contributed by atoms with Crippen LogP contribution in [0.5, 0.6) is 0 Å². The summed E-state index contributed by atoms with van der Waals surface area (Å²) in [4.78, 5) is 18.0. The highest BCUT2D eigenvalue weighted by molar-refractivity contribution is 9.10. The molecule has 0 unspecified atom stereocenters. The summed E-state index contributed by atoms with van der Waals surface area (Å²) in [6, 6.07) is 3.87. The lowest BCUT2D eigenvalue weighted by Gasteiger charge is -2.21. The molecule has 0 radical (unpaired) electrons. The van der Waals surface area contributed by atoms with Crippen molar-refractivity contribution in [3.05, 3.63) is 22.3 Å². The first-order chi connectivity index (χ1) is 8.08. The van der Waals surface area contributed by atoms with Gasteiger partial charge in [0, 0.05) is 17.6 Å². The van der Waals surface area contributed by atoms with Crippen molar-refractivity contribution >= 4 is 27.7 Å². The predicted octanol–water partition coefficient (Wildman–Crippen LogP) is 2.11. The standard InChI is InChI=1S/C12H18BrN3O/c1-4-14-12(17)8-16(5-2)11-7-6-10(13)9(3)15-11/h6-7H,4-5,8H2,1-3H3,(H,14,17). The minimum absolute atomic E-state index is 0.0247. The number of nitrogens with one attached hydrogen (secondary N) is 1. The average molecular weight is 300 g/mol. The molecule has 1 rings (SSSR count). The molecular formula is C12H18BrN3O. The molecule has 0 aliphatic rings. The SMILES string of the molecule is CCNC(=O)CN(CC)c1ccc(Br)c(C)n1. The van der Waals surface area contributed by atoms with E-state index in [-0.39, 0.29) is 5.91 Å². The number of rotatable bonds is 5. The van der Waals surface area contributed by atoms with Crippen molar-refractivity contribution in [1.82, 2.24) is 10.3 Å². The average Bonchev–Trinajstić information content (AvgIpc) is 2.30. The molecule has 1 aromatic rings. The first kappa shape index (κ1) is 14.0. The normalized spacial score (nSPS) is 10.1. The minimum atomic E-state index is 0.0247. The summed E-state index contributed by atoms with van der Waals surface area (Å²) in [6.45, 7) is 7.62. The Kier molecular flexibility index (Phi) is 5.41. The summed E-state index contributed by atoms with van der Waals surface area (Å²) in [6.07, 6.45) is 0. The van der Waals surface area contributed by atoms with Gasteiger partial charge in [0.15, 0.2) is 0 Å². The van der Waals surface area contributed by atoms with E-state index in [4.69, 9.17) is 0 Å². The Hall–Kier alpha value is -1.10. The van der Waals surface area contributed by atoms with Crippen LogP contribution in [0, 0.1) is 6.92 Å². The van der Waals surface area contributed by atoms with Crippen LogP contribution in [0.25, 0.3) is 0 Å². The van der Waals surface area contributed by atoms with Crippen LogP contribution in [0.1, 0.15) is 19.5 Å². The lowest BCUT2D eigenvalue weighted by atomic mass is 10.3. The van der Waals surface area contributed by atoms with Gasteiger partial charge in [0.1, 0.15) is 5.82 Å². The van der Waals surface area contributed by atoms with E-state index in [0.717, 1.165) is 22.5 Å². The lowest BCUT2D eigenvalue weighted by Crippen LogP contribution is -2.37. The van der Waals surface area contributed by atoms with Gasteiger partial charge in [0.25, 0.3) is 0 Å². The van der Waals surface area contributed by atoms with Gasteiger partial charge >= 0.3 is 0 Å². The molecule has 5 heteroatoms. The highest BCUT2D eigenvalue weighted by atomic mass is 79.9. The number of likely N-dealkylation sites (N-methyl/N-ethyl adjacent to an activating group) is 2. The van der Waals surface area contributed by atoms with Crippen molar-refractivity contribution in [2.75, 3.05) is 24.5 Å². The van der Waals surface area contributed by atoms with Gasteiger partial charge in [-0.3, -0.25) is 4.79 Å². The fraction of sp³-hybridized carbons (Fsp3) is 0.500. The molecule has 17 heavy (non-hydrogen) atoms. The number of pyridine rings is 1. The molecule has 0 atom stereocenters. The predicted molar refractivity (Wildman–Crippen MR) is 73.2 cm³/mol. The molecule has 0 aliphatic heterocycles. The highest BCUT2D eigenvalue weighted by Crippen LogP contribution is 2.18. The topological polar surface area (TPSA) is 45.2 Å². The van der Waals surface area contributed by atoms with Crippen molar-refractivity contribution in [3.63, 3.8) is 0 Å². The third-order valence-corrected chi connectivity index (χ3v) is 3.26. The van der Waals surface area contributed by atoms with Crippen molar-refractivity contribution in [3.8, 4) is 0 Å². The third-order valence-electron chi connectivity index (χ3n) is 2.42. The molecule has 0 saturated carbocycles. The van der Waals surface area contributed by atoms with Crippen LogP contribution in [0.3, 0.4) is 0 Å². The molecule has 1 aromatic heterocycles. The molecule has 0 aromatic carbocycles. The summed E-state index contributed by atoms with van der Waals surface area (Å²) in [5.74, 6) is 0.858. The molecule has 0 spiro atoms. The number of nitrogens with zero attached hydrogens (tertiary/aromatic N) is 2. The van der Waals surface area contributed by atoms with Crippen LogP contribution in [-0.2, 0) is 4.79 Å². The van der Waals surface area contributed by atoms with Crippen molar-refractivity contribution in [1.29, 1.82) is 0 Å². The summed E-state index contributed by atoms with van der Waals surface area (Å²) in [5.41, 5.74) is 0.928. The van der Waals surface area contributed by atoms with Gasteiger partial charge in [-0.15, -0.1) is 0 Å². The summed E-state index contributed by atoms with van der Waals surface area (Å²) in [5, 5.41) is 2.79. The number of carbonyl (C=O) groups is 1. The van der Waals surface area contributed by atoms with Gasteiger partial charge in [-0.05, 0) is 48.8 Å². The zero-order chi connectivity index (χ0) is 12.8. The Balaban J connectivity index is 2.79. The van der Waals surface area contributed by atoms with Gasteiger partial charge in [0.2, 0.25) is 5.91 Å². The number of hydrogen-bond acceptors (Lipinski definition) is 3. The largest absolute Gasteiger partial charge is 0.355 e. The fourth-order valence-electron chi connectivity index (χ4n) is 1.49. The molecule has 4 nitrogen and oxygen atoms in total. The van der Waals surface area contributed by atoms with Crippen molar-refractivity contribution in [2.45, 2.75) is 20.8 Å². The minimum Gasteiger partial charge on any atom is -0.355 e. The zero-order valence-electron chi connectivity index (χ0n) is 10.5. The Labute approximate surface area is 111 Å². The summed E-state index contributed by atoms with van der Waals surface area (Å²) >= 11 is 3.42. The van der Waals surface area contributed by atoms with Crippen molar-refractivity contribution < 1.29 is 4.79 Å². The maximum Gasteiger partial charge on any atom is 0.239 e. The molecule has 1 amide bonds. The van der Waals surface area contributed by atoms with Gasteiger partial charge in [-0.2, -0.15) is 0 Å². The second-order valence-corrected chi connectivity index (χ2v) is 4.56. The summed E-state index contributed by atoms with van der Waals surface area (Å²) < 4.78 is 0.982. The fourth-order valence-corrected chi connectivity index (χ4v) is 1.71. The maximum atomic E-state index is 11.5. The Morgan fingerprint density at radius 2 is 2.18 bits per heavy atom. The van der Waals surface area contributed by atoms with Crippen LogP contribution in [0.15, 0.2) is 16.6 Å². The summed E-state index contributed by atoms with van der Waals surface area (Å²) in [7, 11) is 0. The van der Waals surface area contributed by atoms with Crippen LogP contribution in [-0.4, -0.2) is 30.5 Å². The Morgan fingerprint density at radius 1 is 1.47 bits per heavy atom. The first-order valence-electron chi connectivity index (χ1n) is 5.73. The van der Waals surface area contributed by atoms with E-state index in [1.165, 1.54) is 0 Å². The van der Waals surface area contributed by atoms with Gasteiger partial charge in [-0.1, -0.05) is 0 Å². The monoisotopic (exact) mass is 299 g/mol. The van der Waals surface area contributed by atoms with E-state index in [2.05, 4.69) is 26.2 Å². The highest BCUT2D eigenvalue weighted by Gasteiger charge is 2.11. The van der Waals surface area contributed by atoms with E-state index in [1.807, 2.05) is 37.8 Å². The number of halogens is 1. The second kappa shape index (κ2) is 6.59. The van der Waals surface area contributed by atoms with Gasteiger partial charge in [-0.25, -0.2) is 4.98 Å². The number of hydrogen-bond donors (Lipinski definition) is 1. The Bertz CT molecular complexity index is 395. The molecule has 0 aliphatic carbocycles. The molecule has 0 saturated heterocycles. The smallest absolute Gasteiger partial charge is 0.239 e. The van der Waals surface area contributed by atoms with E-state index < -0.39 is 0 Å². The van der Waals surface area contributed by atoms with Crippen LogP contribution < -0.4 is 10.2 Å². The quantitative estimate of drug-likeness (QED) is 0.906. The molecular weight excluding hydrogens is 282 g/mol. The van der Waals surface area contributed by atoms with E-state index in [9.17, 15) is 4.79 Å². The Morgan fingerprint density at radius 3 is 2.71 bits per heavy atom. The first-order valence-corrected chi connectivity index (χ1v) is 6.52. The van der Waals surface area contributed by atoms with Gasteiger partial charge < -0.3 is 10.2 Å². The number of anilines is 1. The maximum absolute atomic E-state index is 11.5. The van der Waals surface area contributed by atoms with Crippen LogP contribution in [0.4, 0.5) is 5.82 Å².